The average molecular weight is 329 g/mol. The van der Waals surface area contributed by atoms with Gasteiger partial charge in [0.15, 0.2) is 0 Å². The summed E-state index contributed by atoms with van der Waals surface area (Å²) in [4.78, 5) is 0.265. The first-order chi connectivity index (χ1) is 10.8. The molecule has 0 fully saturated rings. The minimum atomic E-state index is -3.64. The van der Waals surface area contributed by atoms with E-state index in [0.717, 1.165) is 11.1 Å². The first kappa shape index (κ1) is 17.4. The van der Waals surface area contributed by atoms with Gasteiger partial charge in [-0.1, -0.05) is 61.0 Å². The fourth-order valence-electron chi connectivity index (χ4n) is 2.49. The van der Waals surface area contributed by atoms with Crippen molar-refractivity contribution in [3.8, 4) is 0 Å². The van der Waals surface area contributed by atoms with Crippen LogP contribution < -0.4 is 4.72 Å². The van der Waals surface area contributed by atoms with Gasteiger partial charge in [0.2, 0.25) is 10.0 Å². The number of sulfonamides is 1. The molecule has 122 valence electrons. The highest BCUT2D eigenvalue weighted by Crippen LogP contribution is 2.32. The van der Waals surface area contributed by atoms with Crippen LogP contribution in [-0.2, 0) is 15.6 Å². The summed E-state index contributed by atoms with van der Waals surface area (Å²) in [6.45, 7) is 9.61. The quantitative estimate of drug-likeness (QED) is 0.814. The summed E-state index contributed by atoms with van der Waals surface area (Å²) in [6, 6.07) is 16.4. The van der Waals surface area contributed by atoms with Crippen LogP contribution in [0.3, 0.4) is 0 Å². The maximum atomic E-state index is 12.8. The molecule has 0 saturated carbocycles. The monoisotopic (exact) mass is 329 g/mol. The first-order valence-corrected chi connectivity index (χ1v) is 9.06. The van der Waals surface area contributed by atoms with Gasteiger partial charge in [-0.25, -0.2) is 13.1 Å². The molecule has 0 bridgehead atoms. The Balaban J connectivity index is 2.46. The van der Waals surface area contributed by atoms with Crippen molar-refractivity contribution in [2.75, 3.05) is 0 Å². The number of benzene rings is 2. The molecule has 0 saturated heterocycles. The predicted octanol–water partition coefficient (Wildman–Crippen LogP) is 4.01. The highest BCUT2D eigenvalue weighted by Gasteiger charge is 2.36. The molecule has 0 unspecified atom stereocenters. The SMILES string of the molecule is C=C[C@H](C)[C@](C)(NS(=O)(=O)c1ccc(C)cc1)c1ccccc1. The number of aryl methyl sites for hydroxylation is 1. The van der Waals surface area contributed by atoms with Crippen molar-refractivity contribution >= 4 is 10.0 Å². The van der Waals surface area contributed by atoms with Crippen LogP contribution in [0.5, 0.6) is 0 Å². The van der Waals surface area contributed by atoms with Gasteiger partial charge >= 0.3 is 0 Å². The number of rotatable bonds is 6. The Hall–Kier alpha value is -1.91. The highest BCUT2D eigenvalue weighted by molar-refractivity contribution is 7.89. The molecule has 23 heavy (non-hydrogen) atoms. The van der Waals surface area contributed by atoms with Crippen LogP contribution in [0.2, 0.25) is 0 Å². The summed E-state index contributed by atoms with van der Waals surface area (Å²) in [5, 5.41) is 0. The summed E-state index contributed by atoms with van der Waals surface area (Å²) in [6.07, 6.45) is 1.77. The van der Waals surface area contributed by atoms with E-state index in [-0.39, 0.29) is 10.8 Å². The molecule has 0 aliphatic heterocycles. The van der Waals surface area contributed by atoms with Crippen molar-refractivity contribution in [2.24, 2.45) is 5.92 Å². The summed E-state index contributed by atoms with van der Waals surface area (Å²) in [5.74, 6) is -0.0786. The van der Waals surface area contributed by atoms with E-state index in [4.69, 9.17) is 0 Å². The van der Waals surface area contributed by atoms with Gasteiger partial charge in [0.05, 0.1) is 10.4 Å². The molecule has 2 rings (SSSR count). The van der Waals surface area contributed by atoms with Gasteiger partial charge in [0.1, 0.15) is 0 Å². The molecular formula is C19H23NO2S. The van der Waals surface area contributed by atoms with Crippen LogP contribution in [0.15, 0.2) is 72.1 Å². The van der Waals surface area contributed by atoms with Crippen molar-refractivity contribution in [3.63, 3.8) is 0 Å². The molecule has 0 radical (unpaired) electrons. The van der Waals surface area contributed by atoms with Crippen LogP contribution in [0.25, 0.3) is 0 Å². The fourth-order valence-corrected chi connectivity index (χ4v) is 3.96. The lowest BCUT2D eigenvalue weighted by molar-refractivity contribution is 0.343. The number of hydrogen-bond donors (Lipinski definition) is 1. The van der Waals surface area contributed by atoms with Gasteiger partial charge in [-0.15, -0.1) is 6.58 Å². The average Bonchev–Trinajstić information content (AvgIpc) is 2.54. The molecule has 0 aliphatic carbocycles. The zero-order chi connectivity index (χ0) is 17.1. The minimum absolute atomic E-state index is 0.0786. The molecule has 2 aromatic rings. The Labute approximate surface area is 139 Å². The third-order valence-electron chi connectivity index (χ3n) is 4.32. The van der Waals surface area contributed by atoms with Crippen molar-refractivity contribution in [2.45, 2.75) is 31.2 Å². The number of hydrogen-bond acceptors (Lipinski definition) is 2. The smallest absolute Gasteiger partial charge is 0.207 e. The Bertz CT molecular complexity index is 767. The lowest BCUT2D eigenvalue weighted by Crippen LogP contribution is -2.47. The second-order valence-electron chi connectivity index (χ2n) is 6.01. The molecule has 0 aliphatic rings. The lowest BCUT2D eigenvalue weighted by atomic mass is 9.82. The Morgan fingerprint density at radius 2 is 1.65 bits per heavy atom. The number of nitrogens with one attached hydrogen (secondary N) is 1. The van der Waals surface area contributed by atoms with E-state index >= 15 is 0 Å². The summed E-state index contributed by atoms with van der Waals surface area (Å²) in [5.41, 5.74) is 1.16. The van der Waals surface area contributed by atoms with Crippen LogP contribution in [0, 0.1) is 12.8 Å². The normalized spacial score (nSPS) is 15.6. The Morgan fingerprint density at radius 1 is 1.09 bits per heavy atom. The fraction of sp³-hybridized carbons (Fsp3) is 0.263. The van der Waals surface area contributed by atoms with E-state index in [1.165, 1.54) is 0 Å². The van der Waals surface area contributed by atoms with E-state index in [2.05, 4.69) is 11.3 Å². The van der Waals surface area contributed by atoms with Gasteiger partial charge in [0.25, 0.3) is 0 Å². The van der Waals surface area contributed by atoms with Gasteiger partial charge in [-0.2, -0.15) is 0 Å². The Morgan fingerprint density at radius 3 is 2.17 bits per heavy atom. The highest BCUT2D eigenvalue weighted by atomic mass is 32.2. The first-order valence-electron chi connectivity index (χ1n) is 7.58. The topological polar surface area (TPSA) is 46.2 Å². The Kier molecular flexibility index (Phi) is 5.07. The molecule has 2 atom stereocenters. The van der Waals surface area contributed by atoms with E-state index in [1.807, 2.05) is 51.1 Å². The van der Waals surface area contributed by atoms with Crippen LogP contribution in [0.1, 0.15) is 25.0 Å². The molecule has 1 N–H and O–H groups in total. The van der Waals surface area contributed by atoms with Crippen LogP contribution in [-0.4, -0.2) is 8.42 Å². The standard InChI is InChI=1S/C19H23NO2S/c1-5-16(3)19(4,17-9-7-6-8-10-17)20-23(21,22)18-13-11-15(2)12-14-18/h5-14,16,20H,1H2,2-4H3/t16-,19-/m0/s1. The van der Waals surface area contributed by atoms with Gasteiger partial charge in [-0.3, -0.25) is 0 Å². The van der Waals surface area contributed by atoms with Crippen molar-refractivity contribution in [3.05, 3.63) is 78.4 Å². The predicted molar refractivity (Wildman–Crippen MR) is 94.7 cm³/mol. The molecule has 3 nitrogen and oxygen atoms in total. The zero-order valence-corrected chi connectivity index (χ0v) is 14.6. The molecule has 0 amide bonds. The second kappa shape index (κ2) is 6.69. The zero-order valence-electron chi connectivity index (χ0n) is 13.8. The molecular weight excluding hydrogens is 306 g/mol. The minimum Gasteiger partial charge on any atom is -0.207 e. The third-order valence-corrected chi connectivity index (χ3v) is 5.90. The molecule has 4 heteroatoms. The summed E-state index contributed by atoms with van der Waals surface area (Å²) >= 11 is 0. The van der Waals surface area contributed by atoms with Crippen molar-refractivity contribution < 1.29 is 8.42 Å². The maximum absolute atomic E-state index is 12.8. The summed E-state index contributed by atoms with van der Waals surface area (Å²) < 4.78 is 28.5. The van der Waals surface area contributed by atoms with Gasteiger partial charge in [0, 0.05) is 0 Å². The van der Waals surface area contributed by atoms with Gasteiger partial charge < -0.3 is 0 Å². The molecule has 0 spiro atoms. The maximum Gasteiger partial charge on any atom is 0.241 e. The largest absolute Gasteiger partial charge is 0.241 e. The van der Waals surface area contributed by atoms with Crippen molar-refractivity contribution in [1.82, 2.24) is 4.72 Å². The van der Waals surface area contributed by atoms with E-state index in [1.54, 1.807) is 30.3 Å². The van der Waals surface area contributed by atoms with Crippen LogP contribution in [0.4, 0.5) is 0 Å². The van der Waals surface area contributed by atoms with Crippen LogP contribution >= 0.6 is 0 Å². The lowest BCUT2D eigenvalue weighted by Gasteiger charge is -2.35. The van der Waals surface area contributed by atoms with E-state index in [9.17, 15) is 8.42 Å². The molecule has 0 aromatic heterocycles. The van der Waals surface area contributed by atoms with Crippen molar-refractivity contribution in [1.29, 1.82) is 0 Å². The second-order valence-corrected chi connectivity index (χ2v) is 7.69. The molecule has 0 heterocycles. The third kappa shape index (κ3) is 3.71. The summed E-state index contributed by atoms with van der Waals surface area (Å²) in [7, 11) is -3.64. The van der Waals surface area contributed by atoms with E-state index in [0.29, 0.717) is 0 Å². The van der Waals surface area contributed by atoms with E-state index < -0.39 is 15.6 Å². The molecule has 2 aromatic carbocycles. The van der Waals surface area contributed by atoms with Gasteiger partial charge in [-0.05, 0) is 37.5 Å².